The highest BCUT2D eigenvalue weighted by molar-refractivity contribution is 5.90. The number of ether oxygens (including phenoxy) is 2. The maximum Gasteiger partial charge on any atom is 0.407 e. The molecule has 2 aromatic heterocycles. The Bertz CT molecular complexity index is 1850. The van der Waals surface area contributed by atoms with E-state index in [2.05, 4.69) is 25.9 Å². The third kappa shape index (κ3) is 7.93. The Morgan fingerprint density at radius 3 is 2.31 bits per heavy atom. The van der Waals surface area contributed by atoms with Crippen molar-refractivity contribution in [3.8, 4) is 0 Å². The van der Waals surface area contributed by atoms with E-state index in [-0.39, 0.29) is 48.3 Å². The van der Waals surface area contributed by atoms with Gasteiger partial charge in [-0.1, -0.05) is 37.3 Å². The number of H-pyrrole nitrogens is 2. The van der Waals surface area contributed by atoms with Crippen LogP contribution in [-0.2, 0) is 14.3 Å². The Morgan fingerprint density at radius 2 is 1.59 bits per heavy atom. The van der Waals surface area contributed by atoms with E-state index < -0.39 is 17.7 Å². The van der Waals surface area contributed by atoms with E-state index >= 15 is 0 Å². The number of alkyl carbamates (subject to hydrolysis) is 1. The molecule has 0 spiro atoms. The average molecular weight is 674 g/mol. The summed E-state index contributed by atoms with van der Waals surface area (Å²) in [5.41, 5.74) is 2.80. The summed E-state index contributed by atoms with van der Waals surface area (Å²) >= 11 is 0. The van der Waals surface area contributed by atoms with Gasteiger partial charge in [0, 0.05) is 55.2 Å². The lowest BCUT2D eigenvalue weighted by molar-refractivity contribution is -0.124. The Hall–Kier alpha value is -4.78. The molecule has 4 amide bonds. The normalized spacial score (nSPS) is 19.9. The SMILES string of the molecule is C[C@@H](c1c[nH]c2ccccc12)[C@@H](NC(=O)N1CCC(n2c(=O)[nH]c3ccccc32)CC1)C(=O)NCC1CCC(CNC(=O)OC(C)(C)C)O1. The van der Waals surface area contributed by atoms with Gasteiger partial charge in [-0.2, -0.15) is 0 Å². The molecule has 2 unspecified atom stereocenters. The Labute approximate surface area is 285 Å². The first-order valence-corrected chi connectivity index (χ1v) is 17.2. The molecule has 4 aromatic rings. The molecule has 5 N–H and O–H groups in total. The van der Waals surface area contributed by atoms with Crippen LogP contribution < -0.4 is 21.6 Å². The Kier molecular flexibility index (Phi) is 10.00. The Balaban J connectivity index is 1.09. The third-order valence-electron chi connectivity index (χ3n) is 9.49. The molecule has 0 saturated carbocycles. The van der Waals surface area contributed by atoms with Crippen molar-refractivity contribution in [1.82, 2.24) is 35.4 Å². The van der Waals surface area contributed by atoms with Crippen LogP contribution >= 0.6 is 0 Å². The number of benzene rings is 2. The van der Waals surface area contributed by atoms with Crippen LogP contribution in [-0.4, -0.2) is 87.5 Å². The number of para-hydroxylation sites is 3. The van der Waals surface area contributed by atoms with Crippen LogP contribution in [0, 0.1) is 0 Å². The zero-order valence-corrected chi connectivity index (χ0v) is 28.6. The molecule has 0 radical (unpaired) electrons. The number of likely N-dealkylation sites (tertiary alicyclic amines) is 1. The summed E-state index contributed by atoms with van der Waals surface area (Å²) in [4.78, 5) is 60.4. The molecule has 2 aliphatic heterocycles. The number of nitrogens with one attached hydrogen (secondary N) is 5. The number of carbonyl (C=O) groups excluding carboxylic acids is 3. The van der Waals surface area contributed by atoms with Gasteiger partial charge in [0.15, 0.2) is 0 Å². The predicted octanol–water partition coefficient (Wildman–Crippen LogP) is 4.52. The molecule has 0 bridgehead atoms. The van der Waals surface area contributed by atoms with Crippen molar-refractivity contribution in [2.75, 3.05) is 26.2 Å². The van der Waals surface area contributed by atoms with E-state index in [1.54, 1.807) is 9.47 Å². The molecule has 2 fully saturated rings. The fraction of sp³-hybridized carbons (Fsp3) is 0.500. The summed E-state index contributed by atoms with van der Waals surface area (Å²) < 4.78 is 13.2. The number of hydrogen-bond acceptors (Lipinski definition) is 6. The topological polar surface area (TPSA) is 163 Å². The predicted molar refractivity (Wildman–Crippen MR) is 187 cm³/mol. The van der Waals surface area contributed by atoms with Gasteiger partial charge in [-0.05, 0) is 70.2 Å². The van der Waals surface area contributed by atoms with Crippen molar-refractivity contribution < 1.29 is 23.9 Å². The maximum atomic E-state index is 13.9. The summed E-state index contributed by atoms with van der Waals surface area (Å²) in [7, 11) is 0. The molecule has 4 atom stereocenters. The van der Waals surface area contributed by atoms with Crippen LogP contribution in [0.25, 0.3) is 21.9 Å². The molecule has 4 heterocycles. The number of carbonyl (C=O) groups is 3. The van der Waals surface area contributed by atoms with Gasteiger partial charge in [0.25, 0.3) is 0 Å². The fourth-order valence-corrected chi connectivity index (χ4v) is 6.97. The van der Waals surface area contributed by atoms with Gasteiger partial charge in [-0.25, -0.2) is 14.4 Å². The van der Waals surface area contributed by atoms with E-state index in [1.165, 1.54) is 0 Å². The summed E-state index contributed by atoms with van der Waals surface area (Å²) in [5, 5.41) is 9.83. The molecular formula is C36H47N7O6. The zero-order chi connectivity index (χ0) is 34.7. The summed E-state index contributed by atoms with van der Waals surface area (Å²) in [5.74, 6) is -0.650. The Morgan fingerprint density at radius 1 is 0.939 bits per heavy atom. The van der Waals surface area contributed by atoms with E-state index in [0.717, 1.165) is 40.3 Å². The number of aromatic nitrogens is 3. The number of aromatic amines is 2. The van der Waals surface area contributed by atoms with Crippen molar-refractivity contribution >= 4 is 40.0 Å². The van der Waals surface area contributed by atoms with Crippen LogP contribution in [0.15, 0.2) is 59.5 Å². The van der Waals surface area contributed by atoms with Gasteiger partial charge < -0.3 is 40.3 Å². The van der Waals surface area contributed by atoms with Crippen molar-refractivity contribution in [2.45, 2.75) is 89.2 Å². The van der Waals surface area contributed by atoms with Gasteiger partial charge in [0.05, 0.1) is 23.2 Å². The fourth-order valence-electron chi connectivity index (χ4n) is 6.97. The van der Waals surface area contributed by atoms with Crippen LogP contribution in [0.5, 0.6) is 0 Å². The lowest BCUT2D eigenvalue weighted by atomic mass is 9.92. The molecule has 0 aliphatic carbocycles. The lowest BCUT2D eigenvalue weighted by Crippen LogP contribution is -2.55. The van der Waals surface area contributed by atoms with Crippen LogP contribution in [0.4, 0.5) is 9.59 Å². The maximum absolute atomic E-state index is 13.9. The van der Waals surface area contributed by atoms with Crippen molar-refractivity contribution in [2.24, 2.45) is 0 Å². The highest BCUT2D eigenvalue weighted by Gasteiger charge is 2.34. The van der Waals surface area contributed by atoms with E-state index in [1.807, 2.05) is 82.4 Å². The number of piperidine rings is 1. The molecule has 6 rings (SSSR count). The van der Waals surface area contributed by atoms with Crippen molar-refractivity contribution in [3.63, 3.8) is 0 Å². The minimum atomic E-state index is -0.855. The number of amides is 4. The first-order chi connectivity index (χ1) is 23.5. The zero-order valence-electron chi connectivity index (χ0n) is 28.6. The molecule has 2 aromatic carbocycles. The van der Waals surface area contributed by atoms with Crippen LogP contribution in [0.2, 0.25) is 0 Å². The second-order valence-corrected chi connectivity index (χ2v) is 14.1. The summed E-state index contributed by atoms with van der Waals surface area (Å²) in [6, 6.07) is 14.3. The highest BCUT2D eigenvalue weighted by atomic mass is 16.6. The standard InChI is InChI=1S/C36H47N7O6/c1-22(27-21-37-28-10-6-5-9-26(27)28)31(32(44)38-19-24-13-14-25(48-24)20-39-35(47)49-36(2,3)4)41-33(45)42-17-15-23(16-18-42)43-30-12-8-7-11-29(30)40-34(43)46/h5-12,21-25,31,37H,13-20H2,1-4H3,(H,38,44)(H,39,47)(H,40,46)(H,41,45)/t22-,24?,25?,31+/m0/s1. The number of fused-ring (bicyclic) bond motifs is 2. The largest absolute Gasteiger partial charge is 0.444 e. The second-order valence-electron chi connectivity index (χ2n) is 14.1. The summed E-state index contributed by atoms with van der Waals surface area (Å²) in [6.07, 6.45) is 3.70. The minimum Gasteiger partial charge on any atom is -0.444 e. The van der Waals surface area contributed by atoms with Crippen LogP contribution in [0.1, 0.15) is 70.9 Å². The van der Waals surface area contributed by atoms with Gasteiger partial charge in [-0.3, -0.25) is 9.36 Å². The third-order valence-corrected chi connectivity index (χ3v) is 9.49. The van der Waals surface area contributed by atoms with Gasteiger partial charge in [0.2, 0.25) is 5.91 Å². The first kappa shape index (κ1) is 34.1. The molecule has 13 heteroatoms. The average Bonchev–Trinajstić information content (AvgIpc) is 3.80. The van der Waals surface area contributed by atoms with E-state index in [4.69, 9.17) is 9.47 Å². The van der Waals surface area contributed by atoms with E-state index in [9.17, 15) is 19.2 Å². The van der Waals surface area contributed by atoms with Crippen molar-refractivity contribution in [1.29, 1.82) is 0 Å². The molecule has 262 valence electrons. The second kappa shape index (κ2) is 14.4. The van der Waals surface area contributed by atoms with Gasteiger partial charge >= 0.3 is 17.8 Å². The van der Waals surface area contributed by atoms with Gasteiger partial charge in [0.1, 0.15) is 11.6 Å². The van der Waals surface area contributed by atoms with E-state index in [0.29, 0.717) is 32.5 Å². The van der Waals surface area contributed by atoms with Crippen molar-refractivity contribution in [3.05, 3.63) is 70.8 Å². The number of rotatable bonds is 9. The number of imidazole rings is 1. The molecule has 2 aliphatic rings. The highest BCUT2D eigenvalue weighted by Crippen LogP contribution is 2.29. The molecule has 49 heavy (non-hydrogen) atoms. The van der Waals surface area contributed by atoms with Crippen LogP contribution in [0.3, 0.4) is 0 Å². The quantitative estimate of drug-likeness (QED) is 0.176. The number of urea groups is 1. The number of hydrogen-bond donors (Lipinski definition) is 5. The number of nitrogens with zero attached hydrogens (tertiary/aromatic N) is 2. The monoisotopic (exact) mass is 673 g/mol. The molecule has 13 nitrogen and oxygen atoms in total. The molecular weight excluding hydrogens is 626 g/mol. The molecule has 2 saturated heterocycles. The smallest absolute Gasteiger partial charge is 0.407 e. The van der Waals surface area contributed by atoms with Gasteiger partial charge in [-0.15, -0.1) is 0 Å². The lowest BCUT2D eigenvalue weighted by Gasteiger charge is -2.34. The first-order valence-electron chi connectivity index (χ1n) is 17.2. The summed E-state index contributed by atoms with van der Waals surface area (Å²) in [6.45, 7) is 8.87. The minimum absolute atomic E-state index is 0.0356.